The lowest BCUT2D eigenvalue weighted by molar-refractivity contribution is 0.172. The van der Waals surface area contributed by atoms with E-state index < -0.39 is 0 Å². The Morgan fingerprint density at radius 3 is 2.70 bits per heavy atom. The van der Waals surface area contributed by atoms with Crippen LogP contribution in [0.3, 0.4) is 0 Å². The van der Waals surface area contributed by atoms with Gasteiger partial charge in [-0.15, -0.1) is 0 Å². The molecule has 0 bridgehead atoms. The number of benzene rings is 1. The lowest BCUT2D eigenvalue weighted by atomic mass is 9.96. The van der Waals surface area contributed by atoms with E-state index in [2.05, 4.69) is 30.0 Å². The quantitative estimate of drug-likeness (QED) is 0.837. The molecule has 2 rings (SSSR count). The Labute approximate surface area is 122 Å². The zero-order chi connectivity index (χ0) is 14.5. The number of nitrogens with two attached hydrogens (primary N) is 1. The summed E-state index contributed by atoms with van der Waals surface area (Å²) in [5.41, 5.74) is 7.76. The number of nitrogen functional groups attached to an aromatic ring is 1. The molecule has 1 aromatic carbocycles. The van der Waals surface area contributed by atoms with Crippen LogP contribution in [-0.4, -0.2) is 50.6 Å². The molecule has 1 aromatic rings. The molecule has 20 heavy (non-hydrogen) atoms. The minimum atomic E-state index is 0.753. The van der Waals surface area contributed by atoms with Crippen LogP contribution in [0.4, 0.5) is 5.69 Å². The summed E-state index contributed by atoms with van der Waals surface area (Å²) in [6.07, 6.45) is 2.61. The summed E-state index contributed by atoms with van der Waals surface area (Å²) in [6, 6.07) is 5.92. The number of rotatable bonds is 5. The molecule has 0 radical (unpaired) electrons. The minimum absolute atomic E-state index is 0.753. The van der Waals surface area contributed by atoms with Gasteiger partial charge in [-0.1, -0.05) is 6.07 Å². The maximum Gasteiger partial charge on any atom is 0.125 e. The Bertz CT molecular complexity index is 428. The predicted octanol–water partition coefficient (Wildman–Crippen LogP) is 2.05. The summed E-state index contributed by atoms with van der Waals surface area (Å²) < 4.78 is 5.42. The second-order valence-electron chi connectivity index (χ2n) is 6.01. The number of ether oxygens (including phenoxy) is 1. The smallest absolute Gasteiger partial charge is 0.125 e. The first-order valence-electron chi connectivity index (χ1n) is 7.38. The van der Waals surface area contributed by atoms with Crippen molar-refractivity contribution in [2.45, 2.75) is 19.4 Å². The van der Waals surface area contributed by atoms with Gasteiger partial charge in [0.05, 0.1) is 7.11 Å². The van der Waals surface area contributed by atoms with Crippen molar-refractivity contribution in [1.29, 1.82) is 0 Å². The summed E-state index contributed by atoms with van der Waals surface area (Å²) in [6.45, 7) is 4.52. The number of likely N-dealkylation sites (tertiary alicyclic amines) is 1. The van der Waals surface area contributed by atoms with Gasteiger partial charge in [0.2, 0.25) is 0 Å². The van der Waals surface area contributed by atoms with Gasteiger partial charge >= 0.3 is 0 Å². The van der Waals surface area contributed by atoms with Gasteiger partial charge in [0.15, 0.2) is 0 Å². The summed E-state index contributed by atoms with van der Waals surface area (Å²) >= 11 is 0. The molecule has 2 N–H and O–H groups in total. The van der Waals surface area contributed by atoms with Crippen LogP contribution in [-0.2, 0) is 6.54 Å². The first-order valence-corrected chi connectivity index (χ1v) is 7.38. The molecule has 0 unspecified atom stereocenters. The average molecular weight is 277 g/mol. The van der Waals surface area contributed by atoms with Crippen molar-refractivity contribution in [2.24, 2.45) is 5.92 Å². The van der Waals surface area contributed by atoms with Gasteiger partial charge in [0, 0.05) is 30.4 Å². The van der Waals surface area contributed by atoms with E-state index in [4.69, 9.17) is 10.5 Å². The number of piperidine rings is 1. The molecule has 0 aromatic heterocycles. The largest absolute Gasteiger partial charge is 0.496 e. The Morgan fingerprint density at radius 1 is 1.35 bits per heavy atom. The van der Waals surface area contributed by atoms with Gasteiger partial charge in [0.1, 0.15) is 5.75 Å². The monoisotopic (exact) mass is 277 g/mol. The first kappa shape index (κ1) is 15.1. The highest BCUT2D eigenvalue weighted by molar-refractivity contribution is 5.48. The topological polar surface area (TPSA) is 41.7 Å². The average Bonchev–Trinajstić information content (AvgIpc) is 2.43. The van der Waals surface area contributed by atoms with Crippen molar-refractivity contribution in [3.8, 4) is 5.75 Å². The summed E-state index contributed by atoms with van der Waals surface area (Å²) in [5, 5.41) is 0. The second kappa shape index (κ2) is 6.95. The van der Waals surface area contributed by atoms with E-state index in [9.17, 15) is 0 Å². The molecule has 1 aliphatic rings. The summed E-state index contributed by atoms with van der Waals surface area (Å²) in [7, 11) is 6.10. The standard InChI is InChI=1S/C16H27N3O/c1-18-8-6-13(7-9-18)11-19(2)12-14-4-5-15(17)10-16(14)20-3/h4-5,10,13H,6-9,11-12,17H2,1-3H3. The molecule has 1 aliphatic heterocycles. The predicted molar refractivity (Wildman–Crippen MR) is 84.0 cm³/mol. The van der Waals surface area contributed by atoms with Crippen LogP contribution in [0.1, 0.15) is 18.4 Å². The highest BCUT2D eigenvalue weighted by atomic mass is 16.5. The number of hydrogen-bond donors (Lipinski definition) is 1. The number of anilines is 1. The number of methoxy groups -OCH3 is 1. The van der Waals surface area contributed by atoms with E-state index in [-0.39, 0.29) is 0 Å². The molecular formula is C16H27N3O. The Balaban J connectivity index is 1.89. The summed E-state index contributed by atoms with van der Waals surface area (Å²) in [5.74, 6) is 1.70. The molecule has 4 nitrogen and oxygen atoms in total. The highest BCUT2D eigenvalue weighted by Crippen LogP contribution is 2.24. The second-order valence-corrected chi connectivity index (χ2v) is 6.01. The van der Waals surface area contributed by atoms with Crippen molar-refractivity contribution >= 4 is 5.69 Å². The lowest BCUT2D eigenvalue weighted by Gasteiger charge is -2.31. The van der Waals surface area contributed by atoms with E-state index in [0.29, 0.717) is 0 Å². The number of hydrogen-bond acceptors (Lipinski definition) is 4. The Morgan fingerprint density at radius 2 is 2.05 bits per heavy atom. The zero-order valence-corrected chi connectivity index (χ0v) is 12.9. The van der Waals surface area contributed by atoms with E-state index in [0.717, 1.165) is 30.4 Å². The molecule has 0 atom stereocenters. The third-order valence-electron chi connectivity index (χ3n) is 4.16. The third kappa shape index (κ3) is 4.12. The summed E-state index contributed by atoms with van der Waals surface area (Å²) in [4.78, 5) is 4.81. The highest BCUT2D eigenvalue weighted by Gasteiger charge is 2.18. The van der Waals surface area contributed by atoms with Gasteiger partial charge in [0.25, 0.3) is 0 Å². The van der Waals surface area contributed by atoms with Gasteiger partial charge in [-0.2, -0.15) is 0 Å². The maximum atomic E-state index is 5.80. The van der Waals surface area contributed by atoms with Crippen LogP contribution in [0.5, 0.6) is 5.75 Å². The fraction of sp³-hybridized carbons (Fsp3) is 0.625. The van der Waals surface area contributed by atoms with E-state index in [1.54, 1.807) is 7.11 Å². The molecule has 0 amide bonds. The molecule has 1 fully saturated rings. The van der Waals surface area contributed by atoms with E-state index >= 15 is 0 Å². The SMILES string of the molecule is COc1cc(N)ccc1CN(C)CC1CCN(C)CC1. The van der Waals surface area contributed by atoms with Crippen LogP contribution >= 0.6 is 0 Å². The fourth-order valence-corrected chi connectivity index (χ4v) is 2.93. The molecule has 4 heteroatoms. The normalized spacial score (nSPS) is 17.6. The van der Waals surface area contributed by atoms with Crippen LogP contribution in [0.2, 0.25) is 0 Å². The van der Waals surface area contributed by atoms with Crippen LogP contribution < -0.4 is 10.5 Å². The molecule has 1 saturated heterocycles. The van der Waals surface area contributed by atoms with Crippen molar-refractivity contribution in [3.05, 3.63) is 23.8 Å². The van der Waals surface area contributed by atoms with Crippen molar-refractivity contribution in [3.63, 3.8) is 0 Å². The van der Waals surface area contributed by atoms with Gasteiger partial charge in [-0.3, -0.25) is 0 Å². The number of nitrogens with zero attached hydrogens (tertiary/aromatic N) is 2. The van der Waals surface area contributed by atoms with E-state index in [1.165, 1.54) is 31.5 Å². The minimum Gasteiger partial charge on any atom is -0.496 e. The molecule has 0 spiro atoms. The van der Waals surface area contributed by atoms with Crippen molar-refractivity contribution in [1.82, 2.24) is 9.80 Å². The van der Waals surface area contributed by atoms with Crippen molar-refractivity contribution < 1.29 is 4.74 Å². The van der Waals surface area contributed by atoms with Crippen LogP contribution in [0.15, 0.2) is 18.2 Å². The first-order chi connectivity index (χ1) is 9.58. The van der Waals surface area contributed by atoms with Crippen molar-refractivity contribution in [2.75, 3.05) is 46.6 Å². The maximum absolute atomic E-state index is 5.80. The van der Waals surface area contributed by atoms with Crippen LogP contribution in [0.25, 0.3) is 0 Å². The zero-order valence-electron chi connectivity index (χ0n) is 12.9. The van der Waals surface area contributed by atoms with Gasteiger partial charge in [-0.05, 0) is 52.0 Å². The Kier molecular flexibility index (Phi) is 5.26. The molecule has 0 saturated carbocycles. The lowest BCUT2D eigenvalue weighted by Crippen LogP contribution is -2.35. The van der Waals surface area contributed by atoms with Gasteiger partial charge in [-0.25, -0.2) is 0 Å². The molecule has 0 aliphatic carbocycles. The van der Waals surface area contributed by atoms with E-state index in [1.807, 2.05) is 12.1 Å². The van der Waals surface area contributed by atoms with Crippen LogP contribution in [0, 0.1) is 5.92 Å². The van der Waals surface area contributed by atoms with Gasteiger partial charge < -0.3 is 20.3 Å². The third-order valence-corrected chi connectivity index (χ3v) is 4.16. The molecule has 112 valence electrons. The Hall–Kier alpha value is -1.26. The molecule has 1 heterocycles. The fourth-order valence-electron chi connectivity index (χ4n) is 2.93. The molecular weight excluding hydrogens is 250 g/mol.